The molecule has 0 aliphatic heterocycles. The molecule has 2 rings (SSSR count). The highest BCUT2D eigenvalue weighted by Gasteiger charge is 2.14. The second-order valence-electron chi connectivity index (χ2n) is 4.53. The molecule has 104 valence electrons. The molecule has 1 N–H and O–H groups in total. The van der Waals surface area contributed by atoms with Crippen LogP contribution in [0.4, 0.5) is 0 Å². The summed E-state index contributed by atoms with van der Waals surface area (Å²) >= 11 is 3.65. The SMILES string of the molecule is CCOC(C)CNC(Cc1cccs1)c1cccs1. The van der Waals surface area contributed by atoms with Crippen LogP contribution in [0.2, 0.25) is 0 Å². The molecular weight excluding hydrogens is 274 g/mol. The molecule has 0 amide bonds. The topological polar surface area (TPSA) is 21.3 Å². The molecule has 0 saturated heterocycles. The van der Waals surface area contributed by atoms with Crippen molar-refractivity contribution in [2.45, 2.75) is 32.4 Å². The number of thiophene rings is 2. The highest BCUT2D eigenvalue weighted by molar-refractivity contribution is 7.10. The maximum absolute atomic E-state index is 5.59. The average Bonchev–Trinajstić information content (AvgIpc) is 3.07. The van der Waals surface area contributed by atoms with Crippen molar-refractivity contribution in [3.63, 3.8) is 0 Å². The molecule has 2 atom stereocenters. The summed E-state index contributed by atoms with van der Waals surface area (Å²) in [5, 5.41) is 7.92. The number of ether oxygens (including phenoxy) is 1. The van der Waals surface area contributed by atoms with Crippen LogP contribution in [0.5, 0.6) is 0 Å². The molecule has 0 fully saturated rings. The lowest BCUT2D eigenvalue weighted by Crippen LogP contribution is -2.31. The summed E-state index contributed by atoms with van der Waals surface area (Å²) in [7, 11) is 0. The van der Waals surface area contributed by atoms with Gasteiger partial charge in [-0.05, 0) is 36.7 Å². The minimum Gasteiger partial charge on any atom is -0.377 e. The van der Waals surface area contributed by atoms with Crippen molar-refractivity contribution in [1.29, 1.82) is 0 Å². The number of nitrogens with one attached hydrogen (secondary N) is 1. The Morgan fingerprint density at radius 3 is 2.63 bits per heavy atom. The van der Waals surface area contributed by atoms with E-state index in [1.54, 1.807) is 0 Å². The molecule has 0 saturated carbocycles. The Morgan fingerprint density at radius 1 is 1.21 bits per heavy atom. The number of hydrogen-bond donors (Lipinski definition) is 1. The monoisotopic (exact) mass is 295 g/mol. The third kappa shape index (κ3) is 4.73. The first-order valence-electron chi connectivity index (χ1n) is 6.70. The molecule has 0 spiro atoms. The quantitative estimate of drug-likeness (QED) is 0.791. The molecule has 2 aromatic heterocycles. The Morgan fingerprint density at radius 2 is 2.00 bits per heavy atom. The van der Waals surface area contributed by atoms with Crippen LogP contribution in [0, 0.1) is 0 Å². The van der Waals surface area contributed by atoms with E-state index in [2.05, 4.69) is 47.3 Å². The molecule has 2 unspecified atom stereocenters. The Labute approximate surface area is 123 Å². The van der Waals surface area contributed by atoms with Crippen LogP contribution in [0.1, 0.15) is 29.6 Å². The van der Waals surface area contributed by atoms with Gasteiger partial charge in [-0.3, -0.25) is 0 Å². The smallest absolute Gasteiger partial charge is 0.0671 e. The normalized spacial score (nSPS) is 14.4. The predicted octanol–water partition coefficient (Wildman–Crippen LogP) is 4.11. The van der Waals surface area contributed by atoms with Crippen LogP contribution in [0.25, 0.3) is 0 Å². The first-order chi connectivity index (χ1) is 9.29. The Balaban J connectivity index is 1.95. The van der Waals surface area contributed by atoms with Crippen molar-refractivity contribution in [3.05, 3.63) is 44.8 Å². The van der Waals surface area contributed by atoms with Gasteiger partial charge in [0.1, 0.15) is 0 Å². The summed E-state index contributed by atoms with van der Waals surface area (Å²) in [5.41, 5.74) is 0. The van der Waals surface area contributed by atoms with Crippen LogP contribution >= 0.6 is 22.7 Å². The van der Waals surface area contributed by atoms with E-state index in [1.807, 2.05) is 29.6 Å². The van der Waals surface area contributed by atoms with Crippen molar-refractivity contribution >= 4 is 22.7 Å². The van der Waals surface area contributed by atoms with E-state index in [4.69, 9.17) is 4.74 Å². The number of rotatable bonds is 8. The van der Waals surface area contributed by atoms with Crippen molar-refractivity contribution in [1.82, 2.24) is 5.32 Å². The van der Waals surface area contributed by atoms with Crippen LogP contribution in [0.3, 0.4) is 0 Å². The van der Waals surface area contributed by atoms with Gasteiger partial charge in [0.2, 0.25) is 0 Å². The van der Waals surface area contributed by atoms with Gasteiger partial charge in [-0.1, -0.05) is 12.1 Å². The molecule has 2 aromatic rings. The fourth-order valence-electron chi connectivity index (χ4n) is 2.04. The van der Waals surface area contributed by atoms with Gasteiger partial charge in [0, 0.05) is 35.4 Å². The zero-order valence-corrected chi connectivity index (χ0v) is 13.1. The van der Waals surface area contributed by atoms with E-state index in [-0.39, 0.29) is 6.10 Å². The molecule has 0 aromatic carbocycles. The lowest BCUT2D eigenvalue weighted by Gasteiger charge is -2.20. The van der Waals surface area contributed by atoms with Crippen LogP contribution in [-0.2, 0) is 11.2 Å². The highest BCUT2D eigenvalue weighted by Crippen LogP contribution is 2.24. The van der Waals surface area contributed by atoms with Gasteiger partial charge in [-0.25, -0.2) is 0 Å². The lowest BCUT2D eigenvalue weighted by atomic mass is 10.1. The summed E-state index contributed by atoms with van der Waals surface area (Å²) < 4.78 is 5.59. The second-order valence-corrected chi connectivity index (χ2v) is 6.54. The summed E-state index contributed by atoms with van der Waals surface area (Å²) in [5.74, 6) is 0. The van der Waals surface area contributed by atoms with Gasteiger partial charge in [0.05, 0.1) is 6.10 Å². The zero-order chi connectivity index (χ0) is 13.5. The summed E-state index contributed by atoms with van der Waals surface area (Å²) in [4.78, 5) is 2.83. The van der Waals surface area contributed by atoms with Crippen molar-refractivity contribution < 1.29 is 4.74 Å². The Kier molecular flexibility index (Phi) is 6.04. The van der Waals surface area contributed by atoms with Gasteiger partial charge in [-0.2, -0.15) is 0 Å². The third-order valence-electron chi connectivity index (χ3n) is 2.97. The molecule has 4 heteroatoms. The second kappa shape index (κ2) is 7.80. The molecule has 0 aliphatic carbocycles. The van der Waals surface area contributed by atoms with Gasteiger partial charge in [-0.15, -0.1) is 22.7 Å². The molecular formula is C15H21NOS2. The van der Waals surface area contributed by atoms with E-state index >= 15 is 0 Å². The molecule has 0 aliphatic rings. The maximum atomic E-state index is 5.59. The van der Waals surface area contributed by atoms with Crippen LogP contribution in [0.15, 0.2) is 35.0 Å². The van der Waals surface area contributed by atoms with Crippen molar-refractivity contribution in [3.8, 4) is 0 Å². The fourth-order valence-corrected chi connectivity index (χ4v) is 3.60. The predicted molar refractivity (Wildman–Crippen MR) is 84.2 cm³/mol. The third-order valence-corrected chi connectivity index (χ3v) is 4.86. The average molecular weight is 295 g/mol. The Bertz CT molecular complexity index is 439. The maximum Gasteiger partial charge on any atom is 0.0671 e. The van der Waals surface area contributed by atoms with Gasteiger partial charge < -0.3 is 10.1 Å². The van der Waals surface area contributed by atoms with Gasteiger partial charge in [0.15, 0.2) is 0 Å². The fraction of sp³-hybridized carbons (Fsp3) is 0.467. The standard InChI is InChI=1S/C15H21NOS2/c1-3-17-12(2)11-16-14(15-7-5-9-19-15)10-13-6-4-8-18-13/h4-9,12,14,16H,3,10-11H2,1-2H3. The van der Waals surface area contributed by atoms with E-state index in [1.165, 1.54) is 9.75 Å². The molecule has 2 heterocycles. The first kappa shape index (κ1) is 14.7. The van der Waals surface area contributed by atoms with Crippen molar-refractivity contribution in [2.24, 2.45) is 0 Å². The first-order valence-corrected chi connectivity index (χ1v) is 8.46. The molecule has 0 bridgehead atoms. The minimum absolute atomic E-state index is 0.260. The lowest BCUT2D eigenvalue weighted by molar-refractivity contribution is 0.0740. The van der Waals surface area contributed by atoms with Gasteiger partial charge >= 0.3 is 0 Å². The Hall–Kier alpha value is -0.680. The van der Waals surface area contributed by atoms with Crippen LogP contribution in [-0.4, -0.2) is 19.3 Å². The van der Waals surface area contributed by atoms with Crippen LogP contribution < -0.4 is 5.32 Å². The number of hydrogen-bond acceptors (Lipinski definition) is 4. The molecule has 19 heavy (non-hydrogen) atoms. The minimum atomic E-state index is 0.260. The largest absolute Gasteiger partial charge is 0.377 e. The summed E-state index contributed by atoms with van der Waals surface area (Å²) in [6.07, 6.45) is 1.31. The highest BCUT2D eigenvalue weighted by atomic mass is 32.1. The molecule has 0 radical (unpaired) electrons. The molecule has 2 nitrogen and oxygen atoms in total. The van der Waals surface area contributed by atoms with E-state index in [0.29, 0.717) is 6.04 Å². The van der Waals surface area contributed by atoms with Gasteiger partial charge in [0.25, 0.3) is 0 Å². The summed E-state index contributed by atoms with van der Waals surface area (Å²) in [6, 6.07) is 9.05. The van der Waals surface area contributed by atoms with E-state index in [0.717, 1.165) is 19.6 Å². The van der Waals surface area contributed by atoms with E-state index in [9.17, 15) is 0 Å². The van der Waals surface area contributed by atoms with Crippen molar-refractivity contribution in [2.75, 3.05) is 13.2 Å². The summed E-state index contributed by atoms with van der Waals surface area (Å²) in [6.45, 7) is 5.82. The van der Waals surface area contributed by atoms with E-state index < -0.39 is 0 Å². The zero-order valence-electron chi connectivity index (χ0n) is 11.5.